The summed E-state index contributed by atoms with van der Waals surface area (Å²) >= 11 is 1.54. The molecule has 0 saturated carbocycles. The van der Waals surface area contributed by atoms with E-state index in [1.165, 1.54) is 11.3 Å². The molecule has 1 N–H and O–H groups in total. The number of thiophene rings is 1. The predicted octanol–water partition coefficient (Wildman–Crippen LogP) is 3.61. The van der Waals surface area contributed by atoms with E-state index in [0.29, 0.717) is 11.7 Å². The minimum Gasteiger partial charge on any atom is -0.348 e. The Morgan fingerprint density at radius 1 is 1.26 bits per heavy atom. The summed E-state index contributed by atoms with van der Waals surface area (Å²) in [6, 6.07) is 13.6. The average Bonchev–Trinajstić information content (AvgIpc) is 3.26. The molecule has 0 unspecified atom stereocenters. The topological polar surface area (TPSA) is 68.0 Å². The van der Waals surface area contributed by atoms with Crippen molar-refractivity contribution in [3.8, 4) is 10.8 Å². The number of carbonyl (C=O) groups is 1. The first kappa shape index (κ1) is 15.4. The van der Waals surface area contributed by atoms with Crippen molar-refractivity contribution >= 4 is 17.2 Å². The van der Waals surface area contributed by atoms with Crippen LogP contribution in [0.15, 0.2) is 52.4 Å². The molecule has 0 aliphatic rings. The fourth-order valence-corrected chi connectivity index (χ4v) is 3.02. The molecule has 0 bridgehead atoms. The Kier molecular flexibility index (Phi) is 4.83. The number of benzene rings is 1. The fourth-order valence-electron chi connectivity index (χ4n) is 2.37. The van der Waals surface area contributed by atoms with Crippen LogP contribution in [0.4, 0.5) is 0 Å². The Morgan fingerprint density at radius 2 is 2.09 bits per heavy atom. The SMILES string of the molecule is CC[C@@H](C(=O)NCc1noc(-c2cccs2)n1)c1ccccc1. The van der Waals surface area contributed by atoms with E-state index in [2.05, 4.69) is 15.5 Å². The van der Waals surface area contributed by atoms with Crippen molar-refractivity contribution in [3.63, 3.8) is 0 Å². The third-order valence-electron chi connectivity index (χ3n) is 3.55. The van der Waals surface area contributed by atoms with Crippen LogP contribution in [0, 0.1) is 0 Å². The molecule has 1 aromatic carbocycles. The van der Waals surface area contributed by atoms with E-state index in [-0.39, 0.29) is 18.4 Å². The minimum absolute atomic E-state index is 0.0267. The lowest BCUT2D eigenvalue weighted by molar-refractivity contribution is -0.122. The molecule has 5 nitrogen and oxygen atoms in total. The van der Waals surface area contributed by atoms with Crippen LogP contribution in [-0.2, 0) is 11.3 Å². The number of nitrogens with one attached hydrogen (secondary N) is 1. The molecular weight excluding hydrogens is 310 g/mol. The van der Waals surface area contributed by atoms with Crippen LogP contribution in [0.5, 0.6) is 0 Å². The van der Waals surface area contributed by atoms with E-state index in [9.17, 15) is 4.79 Å². The Bertz CT molecular complexity index is 753. The largest absolute Gasteiger partial charge is 0.348 e. The third-order valence-corrected chi connectivity index (χ3v) is 4.41. The summed E-state index contributed by atoms with van der Waals surface area (Å²) in [5, 5.41) is 8.75. The zero-order chi connectivity index (χ0) is 16.1. The van der Waals surface area contributed by atoms with E-state index in [4.69, 9.17) is 4.52 Å². The highest BCUT2D eigenvalue weighted by molar-refractivity contribution is 7.13. The molecule has 1 atom stereocenters. The van der Waals surface area contributed by atoms with Crippen LogP contribution in [0.2, 0.25) is 0 Å². The smallest absolute Gasteiger partial charge is 0.268 e. The molecule has 0 saturated heterocycles. The van der Waals surface area contributed by atoms with Gasteiger partial charge in [-0.3, -0.25) is 4.79 Å². The van der Waals surface area contributed by atoms with Crippen molar-refractivity contribution in [3.05, 3.63) is 59.2 Å². The van der Waals surface area contributed by atoms with E-state index >= 15 is 0 Å². The Morgan fingerprint density at radius 3 is 2.78 bits per heavy atom. The fraction of sp³-hybridized carbons (Fsp3) is 0.235. The van der Waals surface area contributed by atoms with Gasteiger partial charge in [-0.1, -0.05) is 48.5 Å². The number of amides is 1. The van der Waals surface area contributed by atoms with Crippen LogP contribution in [0.3, 0.4) is 0 Å². The van der Waals surface area contributed by atoms with Gasteiger partial charge in [-0.25, -0.2) is 0 Å². The minimum atomic E-state index is -0.167. The first-order valence-corrected chi connectivity index (χ1v) is 8.35. The average molecular weight is 327 g/mol. The van der Waals surface area contributed by atoms with Crippen LogP contribution >= 0.6 is 11.3 Å². The van der Waals surface area contributed by atoms with Gasteiger partial charge in [0.05, 0.1) is 17.3 Å². The molecule has 23 heavy (non-hydrogen) atoms. The second-order valence-electron chi connectivity index (χ2n) is 5.08. The summed E-state index contributed by atoms with van der Waals surface area (Å²) in [5.41, 5.74) is 1.01. The van der Waals surface area contributed by atoms with E-state index < -0.39 is 0 Å². The molecule has 0 spiro atoms. The van der Waals surface area contributed by atoms with Gasteiger partial charge in [-0.2, -0.15) is 4.98 Å². The van der Waals surface area contributed by atoms with Gasteiger partial charge in [0, 0.05) is 0 Å². The van der Waals surface area contributed by atoms with Crippen molar-refractivity contribution in [1.29, 1.82) is 0 Å². The van der Waals surface area contributed by atoms with E-state index in [0.717, 1.165) is 16.9 Å². The lowest BCUT2D eigenvalue weighted by atomic mass is 9.96. The molecular formula is C17H17N3O2S. The van der Waals surface area contributed by atoms with Gasteiger partial charge >= 0.3 is 0 Å². The zero-order valence-electron chi connectivity index (χ0n) is 12.7. The molecule has 3 aromatic rings. The maximum atomic E-state index is 12.4. The maximum absolute atomic E-state index is 12.4. The number of aromatic nitrogens is 2. The van der Waals surface area contributed by atoms with Gasteiger partial charge in [0.25, 0.3) is 5.89 Å². The second-order valence-corrected chi connectivity index (χ2v) is 6.03. The van der Waals surface area contributed by atoms with Gasteiger partial charge in [0.15, 0.2) is 5.82 Å². The summed E-state index contributed by atoms with van der Waals surface area (Å²) in [7, 11) is 0. The monoisotopic (exact) mass is 327 g/mol. The molecule has 2 aromatic heterocycles. The Hall–Kier alpha value is -2.47. The third kappa shape index (κ3) is 3.65. The quantitative estimate of drug-likeness (QED) is 0.751. The first-order valence-electron chi connectivity index (χ1n) is 7.47. The summed E-state index contributed by atoms with van der Waals surface area (Å²) in [6.07, 6.45) is 0.739. The summed E-state index contributed by atoms with van der Waals surface area (Å²) < 4.78 is 5.21. The highest BCUT2D eigenvalue weighted by Gasteiger charge is 2.19. The molecule has 2 heterocycles. The lowest BCUT2D eigenvalue weighted by Gasteiger charge is -2.14. The summed E-state index contributed by atoms with van der Waals surface area (Å²) in [6.45, 7) is 2.26. The standard InChI is InChI=1S/C17H17N3O2S/c1-2-13(12-7-4-3-5-8-12)16(21)18-11-15-19-17(22-20-15)14-9-6-10-23-14/h3-10,13H,2,11H2,1H3,(H,18,21)/t13-/m1/s1. The van der Waals surface area contributed by atoms with Crippen molar-refractivity contribution in [2.24, 2.45) is 0 Å². The van der Waals surface area contributed by atoms with Crippen LogP contribution in [0.1, 0.15) is 30.7 Å². The molecule has 0 fully saturated rings. The van der Waals surface area contributed by atoms with Gasteiger partial charge in [0.1, 0.15) is 0 Å². The normalized spacial score (nSPS) is 12.0. The molecule has 1 amide bonds. The van der Waals surface area contributed by atoms with E-state index in [1.54, 1.807) is 0 Å². The second kappa shape index (κ2) is 7.19. The predicted molar refractivity (Wildman–Crippen MR) is 88.9 cm³/mol. The lowest BCUT2D eigenvalue weighted by Crippen LogP contribution is -2.29. The molecule has 0 aliphatic heterocycles. The number of hydrogen-bond acceptors (Lipinski definition) is 5. The van der Waals surface area contributed by atoms with Crippen LogP contribution < -0.4 is 5.32 Å². The van der Waals surface area contributed by atoms with Crippen LogP contribution in [-0.4, -0.2) is 16.0 Å². The van der Waals surface area contributed by atoms with Gasteiger partial charge < -0.3 is 9.84 Å². The van der Waals surface area contributed by atoms with Crippen LogP contribution in [0.25, 0.3) is 10.8 Å². The van der Waals surface area contributed by atoms with Crippen molar-refractivity contribution < 1.29 is 9.32 Å². The van der Waals surface area contributed by atoms with E-state index in [1.807, 2.05) is 54.8 Å². The van der Waals surface area contributed by atoms with Gasteiger partial charge in [0.2, 0.25) is 5.91 Å². The number of rotatable bonds is 6. The Labute approximate surface area is 138 Å². The Balaban J connectivity index is 1.62. The molecule has 0 aliphatic carbocycles. The molecule has 0 radical (unpaired) electrons. The summed E-state index contributed by atoms with van der Waals surface area (Å²) in [4.78, 5) is 17.6. The van der Waals surface area contributed by atoms with Crippen molar-refractivity contribution in [1.82, 2.24) is 15.5 Å². The zero-order valence-corrected chi connectivity index (χ0v) is 13.5. The van der Waals surface area contributed by atoms with Crippen molar-refractivity contribution in [2.45, 2.75) is 25.8 Å². The highest BCUT2D eigenvalue weighted by Crippen LogP contribution is 2.22. The number of nitrogens with zero attached hydrogens (tertiary/aromatic N) is 2. The van der Waals surface area contributed by atoms with Gasteiger partial charge in [-0.15, -0.1) is 11.3 Å². The molecule has 118 valence electrons. The first-order chi connectivity index (χ1) is 11.3. The number of carbonyl (C=O) groups excluding carboxylic acids is 1. The maximum Gasteiger partial charge on any atom is 0.268 e. The summed E-state index contributed by atoms with van der Waals surface area (Å²) in [5.74, 6) is 0.769. The van der Waals surface area contributed by atoms with Crippen molar-refractivity contribution in [2.75, 3.05) is 0 Å². The molecule has 6 heteroatoms. The highest BCUT2D eigenvalue weighted by atomic mass is 32.1. The number of hydrogen-bond donors (Lipinski definition) is 1. The van der Waals surface area contributed by atoms with Gasteiger partial charge in [-0.05, 0) is 23.4 Å². The molecule has 3 rings (SSSR count).